The number of para-hydroxylation sites is 1. The Morgan fingerprint density at radius 3 is 2.45 bits per heavy atom. The Bertz CT molecular complexity index is 1250. The van der Waals surface area contributed by atoms with Gasteiger partial charge in [-0.3, -0.25) is 13.4 Å². The maximum atomic E-state index is 14.1. The van der Waals surface area contributed by atoms with Crippen molar-refractivity contribution < 1.29 is 13.4 Å². The van der Waals surface area contributed by atoms with Crippen molar-refractivity contribution in [1.29, 1.82) is 0 Å². The first-order valence-corrected chi connectivity index (χ1v) is 10.1. The number of carbonyl (C=O) groups is 1. The number of anilines is 2. The van der Waals surface area contributed by atoms with E-state index < -0.39 is 7.40 Å². The van der Waals surface area contributed by atoms with Crippen LogP contribution in [0.3, 0.4) is 0 Å². The Labute approximate surface area is 170 Å². The van der Waals surface area contributed by atoms with Crippen LogP contribution in [0, 0.1) is 0 Å². The number of rotatable bonds is 4. The lowest BCUT2D eigenvalue weighted by Gasteiger charge is -2.26. The molecule has 29 heavy (non-hydrogen) atoms. The average molecular weight is 401 g/mol. The first kappa shape index (κ1) is 17.8. The maximum Gasteiger partial charge on any atom is 0.678 e. The minimum Gasteiger partial charge on any atom is -0.325 e. The average Bonchev–Trinajstić information content (AvgIpc) is 3.27. The summed E-state index contributed by atoms with van der Waals surface area (Å²) in [4.78, 5) is 13.7. The predicted octanol–water partition coefficient (Wildman–Crippen LogP) is 6.84. The number of allylic oxidation sites excluding steroid dienone is 1. The fraction of sp³-hybridized carbons (Fsp3) is 0. The zero-order valence-electron chi connectivity index (χ0n) is 15.2. The highest BCUT2D eigenvalue weighted by Gasteiger charge is 2.32. The van der Waals surface area contributed by atoms with Crippen LogP contribution in [0.4, 0.5) is 20.0 Å². The molecule has 140 valence electrons. The molecule has 6 heteroatoms. The summed E-state index contributed by atoms with van der Waals surface area (Å²) in [6.07, 6.45) is 3.24. The van der Waals surface area contributed by atoms with Crippen LogP contribution in [-0.2, 0) is 0 Å². The third kappa shape index (κ3) is 2.96. The molecule has 0 atom stereocenters. The molecule has 2 nitrogen and oxygen atoms in total. The van der Waals surface area contributed by atoms with Crippen LogP contribution < -0.4 is 4.81 Å². The standard InChI is InChI=1S/C23H14BF2NOS/c25-24(26)27(19-4-2-1-3-5-19)20-8-6-15-12-18(17-10-11-29-14-17)13-16-7-9-21(28)23(20)22(15)16/h1-14H. The molecular formula is C23H14BF2NOS. The van der Waals surface area contributed by atoms with Gasteiger partial charge in [0.1, 0.15) is 0 Å². The number of benzene rings is 3. The molecule has 0 aliphatic heterocycles. The molecular weight excluding hydrogens is 387 g/mol. The van der Waals surface area contributed by atoms with Gasteiger partial charge in [-0.05, 0) is 75.3 Å². The van der Waals surface area contributed by atoms with Gasteiger partial charge >= 0.3 is 7.40 Å². The molecule has 0 saturated carbocycles. The number of nitrogens with zero attached hydrogens (tertiary/aromatic N) is 1. The second-order valence-electron chi connectivity index (χ2n) is 6.82. The van der Waals surface area contributed by atoms with Crippen molar-refractivity contribution in [3.8, 4) is 11.1 Å². The molecule has 1 heterocycles. The number of halogens is 2. The van der Waals surface area contributed by atoms with Gasteiger partial charge in [-0.25, -0.2) is 0 Å². The summed E-state index contributed by atoms with van der Waals surface area (Å²) in [6.45, 7) is 0. The van der Waals surface area contributed by atoms with E-state index in [9.17, 15) is 13.4 Å². The van der Waals surface area contributed by atoms with Crippen molar-refractivity contribution in [3.05, 3.63) is 88.6 Å². The van der Waals surface area contributed by atoms with Crippen molar-refractivity contribution in [3.63, 3.8) is 0 Å². The van der Waals surface area contributed by atoms with Gasteiger partial charge < -0.3 is 4.81 Å². The van der Waals surface area contributed by atoms with E-state index in [1.807, 2.05) is 29.6 Å². The Kier molecular flexibility index (Phi) is 4.29. The summed E-state index contributed by atoms with van der Waals surface area (Å²) in [5, 5.41) is 5.66. The van der Waals surface area contributed by atoms with E-state index >= 15 is 0 Å². The molecule has 0 unspecified atom stereocenters. The lowest BCUT2D eigenvalue weighted by molar-refractivity contribution is 0.104. The maximum absolute atomic E-state index is 14.1. The van der Waals surface area contributed by atoms with E-state index in [-0.39, 0.29) is 11.5 Å². The highest BCUT2D eigenvalue weighted by Crippen LogP contribution is 2.40. The van der Waals surface area contributed by atoms with Crippen LogP contribution in [0.1, 0.15) is 15.9 Å². The zero-order chi connectivity index (χ0) is 20.0. The van der Waals surface area contributed by atoms with Gasteiger partial charge in [0, 0.05) is 16.8 Å². The fourth-order valence-corrected chi connectivity index (χ4v) is 4.52. The van der Waals surface area contributed by atoms with Crippen molar-refractivity contribution >= 4 is 52.7 Å². The Morgan fingerprint density at radius 2 is 1.72 bits per heavy atom. The van der Waals surface area contributed by atoms with Crippen LogP contribution >= 0.6 is 11.3 Å². The fourth-order valence-electron chi connectivity index (χ4n) is 3.86. The second kappa shape index (κ2) is 6.97. The molecule has 0 fully saturated rings. The molecule has 1 aliphatic carbocycles. The third-order valence-electron chi connectivity index (χ3n) is 5.13. The Morgan fingerprint density at radius 1 is 0.897 bits per heavy atom. The molecule has 1 aliphatic rings. The van der Waals surface area contributed by atoms with E-state index in [1.54, 1.807) is 53.8 Å². The minimum absolute atomic E-state index is 0.220. The van der Waals surface area contributed by atoms with Gasteiger partial charge in [0.05, 0.1) is 5.56 Å². The molecule has 4 aromatic rings. The summed E-state index contributed by atoms with van der Waals surface area (Å²) in [6, 6.07) is 17.9. The third-order valence-corrected chi connectivity index (χ3v) is 5.81. The molecule has 0 bridgehead atoms. The lowest BCUT2D eigenvalue weighted by Crippen LogP contribution is -2.29. The van der Waals surface area contributed by atoms with Gasteiger partial charge in [0.15, 0.2) is 5.78 Å². The second-order valence-corrected chi connectivity index (χ2v) is 7.60. The summed E-state index contributed by atoms with van der Waals surface area (Å²) in [5.41, 5.74) is 3.89. The highest BCUT2D eigenvalue weighted by atomic mass is 32.1. The largest absolute Gasteiger partial charge is 0.678 e. The molecule has 0 amide bonds. The van der Waals surface area contributed by atoms with E-state index in [0.29, 0.717) is 11.3 Å². The summed E-state index contributed by atoms with van der Waals surface area (Å²) in [5.74, 6) is -0.261. The Balaban J connectivity index is 1.77. The van der Waals surface area contributed by atoms with Crippen LogP contribution in [0.25, 0.3) is 28.0 Å². The van der Waals surface area contributed by atoms with Crippen LogP contribution in [0.5, 0.6) is 0 Å². The van der Waals surface area contributed by atoms with E-state index in [1.165, 1.54) is 6.08 Å². The zero-order valence-corrected chi connectivity index (χ0v) is 16.0. The van der Waals surface area contributed by atoms with E-state index in [2.05, 4.69) is 5.38 Å². The van der Waals surface area contributed by atoms with Gasteiger partial charge in [0.2, 0.25) is 0 Å². The topological polar surface area (TPSA) is 20.3 Å². The molecule has 3 aromatic carbocycles. The van der Waals surface area contributed by atoms with Crippen molar-refractivity contribution in [2.45, 2.75) is 0 Å². The number of hydrogen-bond donors (Lipinski definition) is 0. The Hall–Kier alpha value is -3.25. The highest BCUT2D eigenvalue weighted by molar-refractivity contribution is 7.08. The first-order chi connectivity index (χ1) is 14.1. The summed E-state index contributed by atoms with van der Waals surface area (Å²) < 4.78 is 28.2. The molecule has 5 rings (SSSR count). The molecule has 0 radical (unpaired) electrons. The van der Waals surface area contributed by atoms with E-state index in [0.717, 1.165) is 32.3 Å². The monoisotopic (exact) mass is 401 g/mol. The normalized spacial score (nSPS) is 12.4. The number of carbonyl (C=O) groups excluding carboxylic acids is 1. The number of hydrogen-bond acceptors (Lipinski definition) is 3. The first-order valence-electron chi connectivity index (χ1n) is 9.11. The van der Waals surface area contributed by atoms with Gasteiger partial charge in [-0.1, -0.05) is 30.3 Å². The molecule has 0 saturated heterocycles. The predicted molar refractivity (Wildman–Crippen MR) is 117 cm³/mol. The van der Waals surface area contributed by atoms with Crippen molar-refractivity contribution in [2.75, 3.05) is 4.81 Å². The van der Waals surface area contributed by atoms with E-state index in [4.69, 9.17) is 0 Å². The minimum atomic E-state index is -2.78. The van der Waals surface area contributed by atoms with Crippen LogP contribution in [0.15, 0.2) is 77.5 Å². The number of thiophene rings is 1. The quantitative estimate of drug-likeness (QED) is 0.349. The molecule has 0 N–H and O–H groups in total. The summed E-state index contributed by atoms with van der Waals surface area (Å²) >= 11 is 1.62. The van der Waals surface area contributed by atoms with Crippen molar-refractivity contribution in [1.82, 2.24) is 0 Å². The van der Waals surface area contributed by atoms with Gasteiger partial charge in [-0.2, -0.15) is 11.3 Å². The van der Waals surface area contributed by atoms with Crippen LogP contribution in [-0.4, -0.2) is 13.2 Å². The van der Waals surface area contributed by atoms with Gasteiger partial charge in [-0.15, -0.1) is 0 Å². The number of ketones is 1. The SMILES string of the molecule is O=C1C=Cc2cc(-c3ccsc3)cc3ccc(N(B(F)F)c4ccccc4)c1c23. The van der Waals surface area contributed by atoms with Crippen LogP contribution in [0.2, 0.25) is 0 Å². The van der Waals surface area contributed by atoms with Crippen molar-refractivity contribution in [2.24, 2.45) is 0 Å². The summed E-state index contributed by atoms with van der Waals surface area (Å²) in [7, 11) is -2.78. The van der Waals surface area contributed by atoms with Gasteiger partial charge in [0.25, 0.3) is 0 Å². The molecule has 0 spiro atoms. The molecule has 1 aromatic heterocycles. The lowest BCUT2D eigenvalue weighted by atomic mass is 9.87. The smallest absolute Gasteiger partial charge is 0.325 e.